The van der Waals surface area contributed by atoms with Crippen LogP contribution in [-0.4, -0.2) is 32.6 Å². The zero-order valence-electron chi connectivity index (χ0n) is 11.3. The number of carbonyl (C=O) groups excluding carboxylic acids is 2. The Bertz CT molecular complexity index is 460. The van der Waals surface area contributed by atoms with E-state index < -0.39 is 6.03 Å². The third kappa shape index (κ3) is 4.87. The van der Waals surface area contributed by atoms with Gasteiger partial charge in [-0.1, -0.05) is 0 Å². The minimum Gasteiger partial charge on any atom is -0.497 e. The molecule has 0 unspecified atom stereocenters. The molecule has 104 valence electrons. The van der Waals surface area contributed by atoms with E-state index in [1.807, 2.05) is 0 Å². The number of nitrogens with one attached hydrogen (secondary N) is 2. The Morgan fingerprint density at radius 2 is 1.95 bits per heavy atom. The minimum absolute atomic E-state index is 0.0271. The molecule has 0 spiro atoms. The van der Waals surface area contributed by atoms with E-state index in [9.17, 15) is 9.59 Å². The average Bonchev–Trinajstić information content (AvgIpc) is 2.38. The Morgan fingerprint density at radius 3 is 2.53 bits per heavy atom. The molecule has 2 N–H and O–H groups in total. The third-order valence-electron chi connectivity index (χ3n) is 2.42. The van der Waals surface area contributed by atoms with E-state index in [1.54, 1.807) is 25.3 Å². The Balaban J connectivity index is 2.64. The zero-order valence-corrected chi connectivity index (χ0v) is 11.3. The summed E-state index contributed by atoms with van der Waals surface area (Å²) < 4.78 is 10.2. The SMILES string of the molecule is COc1ccc(OC)c(NC(=O)NCCC(C)=O)c1. The first-order valence-corrected chi connectivity index (χ1v) is 5.83. The molecule has 0 aliphatic carbocycles. The largest absolute Gasteiger partial charge is 0.497 e. The second-order valence-electron chi connectivity index (χ2n) is 3.90. The lowest BCUT2D eigenvalue weighted by Gasteiger charge is -2.12. The number of hydrogen-bond donors (Lipinski definition) is 2. The molecule has 0 aliphatic rings. The van der Waals surface area contributed by atoms with Gasteiger partial charge in [-0.05, 0) is 19.1 Å². The Hall–Kier alpha value is -2.24. The normalized spacial score (nSPS) is 9.63. The first-order valence-electron chi connectivity index (χ1n) is 5.83. The highest BCUT2D eigenvalue weighted by Gasteiger charge is 2.08. The van der Waals surface area contributed by atoms with Gasteiger partial charge >= 0.3 is 6.03 Å². The lowest BCUT2D eigenvalue weighted by Crippen LogP contribution is -2.30. The Kier molecular flexibility index (Phi) is 5.66. The van der Waals surface area contributed by atoms with Crippen LogP contribution in [-0.2, 0) is 4.79 Å². The predicted octanol–water partition coefficient (Wildman–Crippen LogP) is 1.80. The number of rotatable bonds is 6. The van der Waals surface area contributed by atoms with E-state index in [0.29, 0.717) is 30.2 Å². The molecule has 0 radical (unpaired) electrons. The molecule has 2 amide bonds. The van der Waals surface area contributed by atoms with Crippen molar-refractivity contribution in [2.45, 2.75) is 13.3 Å². The van der Waals surface area contributed by atoms with Gasteiger partial charge in [-0.25, -0.2) is 4.79 Å². The smallest absolute Gasteiger partial charge is 0.319 e. The number of hydrogen-bond acceptors (Lipinski definition) is 4. The van der Waals surface area contributed by atoms with E-state index in [2.05, 4.69) is 10.6 Å². The van der Waals surface area contributed by atoms with Crippen LogP contribution in [0.1, 0.15) is 13.3 Å². The molecule has 0 heterocycles. The maximum Gasteiger partial charge on any atom is 0.319 e. The topological polar surface area (TPSA) is 76.7 Å². The number of benzene rings is 1. The fourth-order valence-electron chi connectivity index (χ4n) is 1.43. The molecule has 0 bridgehead atoms. The van der Waals surface area contributed by atoms with Gasteiger partial charge in [0, 0.05) is 19.0 Å². The van der Waals surface area contributed by atoms with Gasteiger partial charge in [0.05, 0.1) is 19.9 Å². The van der Waals surface area contributed by atoms with E-state index in [4.69, 9.17) is 9.47 Å². The van der Waals surface area contributed by atoms with Gasteiger partial charge in [-0.2, -0.15) is 0 Å². The van der Waals surface area contributed by atoms with Gasteiger partial charge in [0.15, 0.2) is 0 Å². The number of anilines is 1. The molecule has 0 aliphatic heterocycles. The highest BCUT2D eigenvalue weighted by atomic mass is 16.5. The summed E-state index contributed by atoms with van der Waals surface area (Å²) in [7, 11) is 3.05. The van der Waals surface area contributed by atoms with E-state index >= 15 is 0 Å². The summed E-state index contributed by atoms with van der Waals surface area (Å²) in [4.78, 5) is 22.4. The molecular formula is C13H18N2O4. The number of urea groups is 1. The van der Waals surface area contributed by atoms with Crippen LogP contribution in [0.5, 0.6) is 11.5 Å². The van der Waals surface area contributed by atoms with E-state index in [-0.39, 0.29) is 5.78 Å². The van der Waals surface area contributed by atoms with E-state index in [0.717, 1.165) is 0 Å². The average molecular weight is 266 g/mol. The molecule has 0 atom stereocenters. The summed E-state index contributed by atoms with van der Waals surface area (Å²) in [6, 6.07) is 4.69. The van der Waals surface area contributed by atoms with Crippen LogP contribution in [0.2, 0.25) is 0 Å². The number of ketones is 1. The fraction of sp³-hybridized carbons (Fsp3) is 0.385. The number of ether oxygens (including phenoxy) is 2. The third-order valence-corrected chi connectivity index (χ3v) is 2.42. The molecule has 1 aromatic rings. The second-order valence-corrected chi connectivity index (χ2v) is 3.90. The lowest BCUT2D eigenvalue weighted by atomic mass is 10.2. The van der Waals surface area contributed by atoms with Crippen molar-refractivity contribution in [3.8, 4) is 11.5 Å². The molecule has 0 fully saturated rings. The number of amides is 2. The van der Waals surface area contributed by atoms with Gasteiger partial charge in [-0.3, -0.25) is 4.79 Å². The van der Waals surface area contributed by atoms with Gasteiger partial charge in [0.25, 0.3) is 0 Å². The summed E-state index contributed by atoms with van der Waals surface area (Å²) in [6.45, 7) is 1.78. The first kappa shape index (κ1) is 14.8. The monoisotopic (exact) mass is 266 g/mol. The van der Waals surface area contributed by atoms with Crippen molar-refractivity contribution in [2.75, 3.05) is 26.1 Å². The summed E-state index contributed by atoms with van der Waals surface area (Å²) in [5, 5.41) is 5.23. The Morgan fingerprint density at radius 1 is 1.21 bits per heavy atom. The standard InChI is InChI=1S/C13H18N2O4/c1-9(16)6-7-14-13(17)15-11-8-10(18-2)4-5-12(11)19-3/h4-5,8H,6-7H2,1-3H3,(H2,14,15,17). The first-order chi connectivity index (χ1) is 9.06. The van der Waals surface area contributed by atoms with Crippen LogP contribution in [0.15, 0.2) is 18.2 Å². The molecule has 19 heavy (non-hydrogen) atoms. The highest BCUT2D eigenvalue weighted by Crippen LogP contribution is 2.28. The van der Waals surface area contributed by atoms with Crippen molar-refractivity contribution < 1.29 is 19.1 Å². The van der Waals surface area contributed by atoms with Crippen LogP contribution in [0, 0.1) is 0 Å². The van der Waals surface area contributed by atoms with Crippen molar-refractivity contribution >= 4 is 17.5 Å². The van der Waals surface area contributed by atoms with Gasteiger partial charge in [-0.15, -0.1) is 0 Å². The lowest BCUT2D eigenvalue weighted by molar-refractivity contribution is -0.116. The molecule has 0 aromatic heterocycles. The van der Waals surface area contributed by atoms with Crippen molar-refractivity contribution in [3.05, 3.63) is 18.2 Å². The van der Waals surface area contributed by atoms with Crippen LogP contribution in [0.3, 0.4) is 0 Å². The van der Waals surface area contributed by atoms with Crippen LogP contribution in [0.4, 0.5) is 10.5 Å². The Labute approximate surface area is 112 Å². The quantitative estimate of drug-likeness (QED) is 0.823. The van der Waals surface area contributed by atoms with Crippen molar-refractivity contribution in [2.24, 2.45) is 0 Å². The van der Waals surface area contributed by atoms with Gasteiger partial charge < -0.3 is 20.1 Å². The maximum absolute atomic E-state index is 11.6. The minimum atomic E-state index is -0.396. The van der Waals surface area contributed by atoms with Gasteiger partial charge in [0.1, 0.15) is 17.3 Å². The predicted molar refractivity (Wildman–Crippen MR) is 71.9 cm³/mol. The van der Waals surface area contributed by atoms with Crippen molar-refractivity contribution in [3.63, 3.8) is 0 Å². The molecule has 0 saturated carbocycles. The molecule has 1 aromatic carbocycles. The summed E-state index contributed by atoms with van der Waals surface area (Å²) in [5.74, 6) is 1.17. The molecule has 0 saturated heterocycles. The zero-order chi connectivity index (χ0) is 14.3. The molecule has 6 heteroatoms. The summed E-state index contributed by atoms with van der Waals surface area (Å²) in [6.07, 6.45) is 0.308. The number of methoxy groups -OCH3 is 2. The second kappa shape index (κ2) is 7.25. The van der Waals surface area contributed by atoms with Crippen molar-refractivity contribution in [1.29, 1.82) is 0 Å². The summed E-state index contributed by atoms with van der Waals surface area (Å²) in [5.41, 5.74) is 0.502. The van der Waals surface area contributed by atoms with Crippen LogP contribution in [0.25, 0.3) is 0 Å². The number of Topliss-reactive ketones (excluding diaryl/α,β-unsaturated/α-hetero) is 1. The fourth-order valence-corrected chi connectivity index (χ4v) is 1.43. The van der Waals surface area contributed by atoms with Crippen LogP contribution >= 0.6 is 0 Å². The highest BCUT2D eigenvalue weighted by molar-refractivity contribution is 5.91. The van der Waals surface area contributed by atoms with Crippen LogP contribution < -0.4 is 20.1 Å². The van der Waals surface area contributed by atoms with Gasteiger partial charge in [0.2, 0.25) is 0 Å². The molecular weight excluding hydrogens is 248 g/mol. The number of carbonyl (C=O) groups is 2. The molecule has 6 nitrogen and oxygen atoms in total. The van der Waals surface area contributed by atoms with Crippen molar-refractivity contribution in [1.82, 2.24) is 5.32 Å². The summed E-state index contributed by atoms with van der Waals surface area (Å²) >= 11 is 0. The maximum atomic E-state index is 11.6. The molecule has 1 rings (SSSR count). The van der Waals surface area contributed by atoms with E-state index in [1.165, 1.54) is 14.0 Å².